The maximum absolute atomic E-state index is 12.8. The molecule has 0 aromatic heterocycles. The van der Waals surface area contributed by atoms with Gasteiger partial charge in [0.05, 0.1) is 0 Å². The van der Waals surface area contributed by atoms with Crippen molar-refractivity contribution in [3.05, 3.63) is 0 Å². The molecule has 5 nitrogen and oxygen atoms in total. The second kappa shape index (κ2) is 5.60. The van der Waals surface area contributed by atoms with Crippen LogP contribution in [0, 0.1) is 0 Å². The quantitative estimate of drug-likeness (QED) is 0.685. The Labute approximate surface area is 119 Å². The molecule has 0 aromatic carbocycles. The van der Waals surface area contributed by atoms with Crippen molar-refractivity contribution in [3.63, 3.8) is 0 Å². The first-order chi connectivity index (χ1) is 8.50. The fourth-order valence-corrected chi connectivity index (χ4v) is 1.85. The van der Waals surface area contributed by atoms with Crippen LogP contribution in [-0.2, 0) is 9.53 Å². The van der Waals surface area contributed by atoms with Gasteiger partial charge in [0.1, 0.15) is 5.60 Å². The number of ether oxygens (including phenoxy) is 1. The Morgan fingerprint density at radius 3 is 1.84 bits per heavy atom. The maximum atomic E-state index is 12.8. The van der Waals surface area contributed by atoms with Crippen LogP contribution >= 0.6 is 15.9 Å². The van der Waals surface area contributed by atoms with Crippen LogP contribution < -0.4 is 0 Å². The van der Waals surface area contributed by atoms with Gasteiger partial charge in [-0.2, -0.15) is 8.78 Å². The van der Waals surface area contributed by atoms with Gasteiger partial charge in [-0.25, -0.2) is 4.79 Å². The molecule has 0 aromatic rings. The number of piperazine rings is 1. The van der Waals surface area contributed by atoms with Crippen molar-refractivity contribution in [2.24, 2.45) is 0 Å². The number of alkyl halides is 3. The third-order valence-electron chi connectivity index (χ3n) is 2.46. The molecule has 1 rings (SSSR count). The van der Waals surface area contributed by atoms with E-state index >= 15 is 0 Å². The Kier molecular flexibility index (Phi) is 4.76. The van der Waals surface area contributed by atoms with Gasteiger partial charge in [0, 0.05) is 42.1 Å². The van der Waals surface area contributed by atoms with Gasteiger partial charge in [-0.15, -0.1) is 0 Å². The lowest BCUT2D eigenvalue weighted by Gasteiger charge is -2.36. The summed E-state index contributed by atoms with van der Waals surface area (Å²) in [6, 6.07) is 0. The van der Waals surface area contributed by atoms with Crippen molar-refractivity contribution in [1.29, 1.82) is 0 Å². The van der Waals surface area contributed by atoms with E-state index in [2.05, 4.69) is 0 Å². The van der Waals surface area contributed by atoms with E-state index in [9.17, 15) is 18.4 Å². The molecule has 0 unspecified atom stereocenters. The minimum Gasteiger partial charge on any atom is -0.444 e. The van der Waals surface area contributed by atoms with Gasteiger partial charge in [0.25, 0.3) is 0 Å². The van der Waals surface area contributed by atoms with E-state index in [1.165, 1.54) is 4.90 Å². The molecule has 1 aliphatic rings. The molecule has 1 fully saturated rings. The molecule has 19 heavy (non-hydrogen) atoms. The largest absolute Gasteiger partial charge is 0.444 e. The molecule has 0 bridgehead atoms. The van der Waals surface area contributed by atoms with Crippen LogP contribution in [0.3, 0.4) is 0 Å². The third kappa shape index (κ3) is 4.93. The minimum absolute atomic E-state index is 0.0687. The summed E-state index contributed by atoms with van der Waals surface area (Å²) in [7, 11) is 0. The highest BCUT2D eigenvalue weighted by molar-refractivity contribution is 9.10. The number of carbonyl (C=O) groups is 2. The monoisotopic (exact) mass is 342 g/mol. The molecule has 1 aliphatic heterocycles. The summed E-state index contributed by atoms with van der Waals surface area (Å²) < 4.78 is 30.8. The van der Waals surface area contributed by atoms with E-state index in [0.29, 0.717) is 0 Å². The normalized spacial score (nSPS) is 17.4. The summed E-state index contributed by atoms with van der Waals surface area (Å²) in [5.74, 6) is -1.28. The van der Waals surface area contributed by atoms with Crippen LogP contribution in [0.5, 0.6) is 0 Å². The molecule has 1 saturated heterocycles. The first-order valence-electron chi connectivity index (χ1n) is 5.85. The number of hydrogen-bond donors (Lipinski definition) is 0. The number of halogens is 3. The summed E-state index contributed by atoms with van der Waals surface area (Å²) in [4.78, 5) is 21.9. The Bertz CT molecular complexity index is 358. The SMILES string of the molecule is CC(C)(C)OC(=O)N1CCN(C(=O)C(F)(F)Br)CC1. The van der Waals surface area contributed by atoms with Gasteiger partial charge in [0.2, 0.25) is 0 Å². The molecule has 0 spiro atoms. The minimum atomic E-state index is -3.55. The summed E-state index contributed by atoms with van der Waals surface area (Å²) in [5, 5.41) is 0. The molecule has 110 valence electrons. The van der Waals surface area contributed by atoms with E-state index in [0.717, 1.165) is 4.90 Å². The van der Waals surface area contributed by atoms with E-state index in [1.807, 2.05) is 15.9 Å². The fourth-order valence-electron chi connectivity index (χ4n) is 1.60. The first kappa shape index (κ1) is 16.1. The Hall–Kier alpha value is -0.920. The topological polar surface area (TPSA) is 49.9 Å². The zero-order valence-corrected chi connectivity index (χ0v) is 12.7. The smallest absolute Gasteiger partial charge is 0.410 e. The maximum Gasteiger partial charge on any atom is 0.410 e. The summed E-state index contributed by atoms with van der Waals surface area (Å²) in [6.45, 7) is 5.74. The zero-order chi connectivity index (χ0) is 14.8. The third-order valence-corrected chi connectivity index (χ3v) is 2.80. The molecule has 0 N–H and O–H groups in total. The van der Waals surface area contributed by atoms with E-state index in [-0.39, 0.29) is 26.2 Å². The van der Waals surface area contributed by atoms with Gasteiger partial charge in [-0.1, -0.05) is 0 Å². The van der Waals surface area contributed by atoms with E-state index < -0.39 is 22.4 Å². The first-order valence-corrected chi connectivity index (χ1v) is 6.64. The van der Waals surface area contributed by atoms with Crippen LogP contribution in [0.15, 0.2) is 0 Å². The van der Waals surface area contributed by atoms with Crippen LogP contribution in [0.2, 0.25) is 0 Å². The van der Waals surface area contributed by atoms with Crippen molar-refractivity contribution in [3.8, 4) is 0 Å². The summed E-state index contributed by atoms with van der Waals surface area (Å²) in [5.41, 5.74) is -0.604. The zero-order valence-electron chi connectivity index (χ0n) is 11.1. The van der Waals surface area contributed by atoms with Crippen LogP contribution in [0.25, 0.3) is 0 Å². The molecule has 0 saturated carbocycles. The van der Waals surface area contributed by atoms with E-state index in [4.69, 9.17) is 4.74 Å². The second-order valence-corrected chi connectivity index (χ2v) is 6.25. The highest BCUT2D eigenvalue weighted by Gasteiger charge is 2.40. The molecule has 0 radical (unpaired) electrons. The molecular weight excluding hydrogens is 326 g/mol. The van der Waals surface area contributed by atoms with Gasteiger partial charge >= 0.3 is 16.8 Å². The van der Waals surface area contributed by atoms with Gasteiger partial charge in [0.15, 0.2) is 0 Å². The summed E-state index contributed by atoms with van der Waals surface area (Å²) in [6.07, 6.45) is -0.495. The number of rotatable bonds is 1. The Morgan fingerprint density at radius 2 is 1.47 bits per heavy atom. The molecule has 0 atom stereocenters. The van der Waals surface area contributed by atoms with Crippen LogP contribution in [0.1, 0.15) is 20.8 Å². The molecular formula is C11H17BrF2N2O3. The second-order valence-electron chi connectivity index (χ2n) is 5.26. The number of hydrogen-bond acceptors (Lipinski definition) is 3. The highest BCUT2D eigenvalue weighted by Crippen LogP contribution is 2.25. The molecule has 1 heterocycles. The molecule has 0 aliphatic carbocycles. The van der Waals surface area contributed by atoms with Crippen molar-refractivity contribution in [1.82, 2.24) is 9.80 Å². The van der Waals surface area contributed by atoms with Crippen LogP contribution in [0.4, 0.5) is 13.6 Å². The van der Waals surface area contributed by atoms with Crippen molar-refractivity contribution < 1.29 is 23.1 Å². The molecule has 2 amide bonds. The lowest BCUT2D eigenvalue weighted by molar-refractivity contribution is -0.147. The van der Waals surface area contributed by atoms with Gasteiger partial charge < -0.3 is 14.5 Å². The number of nitrogens with zero attached hydrogens (tertiary/aromatic N) is 2. The average Bonchev–Trinajstić information content (AvgIpc) is 2.24. The Morgan fingerprint density at radius 1 is 1.05 bits per heavy atom. The lowest BCUT2D eigenvalue weighted by Crippen LogP contribution is -2.54. The Balaban J connectivity index is 2.50. The predicted molar refractivity (Wildman–Crippen MR) is 68.3 cm³/mol. The lowest BCUT2D eigenvalue weighted by atomic mass is 10.2. The van der Waals surface area contributed by atoms with Crippen molar-refractivity contribution in [2.75, 3.05) is 26.2 Å². The van der Waals surface area contributed by atoms with Gasteiger partial charge in [-0.05, 0) is 20.8 Å². The van der Waals surface area contributed by atoms with Crippen molar-refractivity contribution in [2.45, 2.75) is 31.2 Å². The average molecular weight is 343 g/mol. The van der Waals surface area contributed by atoms with E-state index in [1.54, 1.807) is 20.8 Å². The van der Waals surface area contributed by atoms with Crippen LogP contribution in [-0.4, -0.2) is 58.4 Å². The highest BCUT2D eigenvalue weighted by atomic mass is 79.9. The predicted octanol–water partition coefficient (Wildman–Crippen LogP) is 2.05. The summed E-state index contributed by atoms with van der Waals surface area (Å²) >= 11 is 2.03. The number of carbonyl (C=O) groups excluding carboxylic acids is 2. The molecule has 8 heteroatoms. The standard InChI is InChI=1S/C11H17BrF2N2O3/c1-10(2,3)19-9(18)16-6-4-15(5-7-16)8(17)11(12,13)14/h4-7H2,1-3H3. The van der Waals surface area contributed by atoms with Gasteiger partial charge in [-0.3, -0.25) is 4.79 Å². The fraction of sp³-hybridized carbons (Fsp3) is 0.818. The van der Waals surface area contributed by atoms with Crippen molar-refractivity contribution >= 4 is 27.9 Å². The number of amides is 2.